The number of benzene rings is 1. The van der Waals surface area contributed by atoms with Crippen LogP contribution in [0.15, 0.2) is 34.9 Å². The van der Waals surface area contributed by atoms with E-state index >= 15 is 0 Å². The molecule has 0 aliphatic carbocycles. The van der Waals surface area contributed by atoms with Crippen molar-refractivity contribution >= 4 is 56.7 Å². The Balaban J connectivity index is 2.31. The molecule has 21 heavy (non-hydrogen) atoms. The van der Waals surface area contributed by atoms with Gasteiger partial charge in [-0.2, -0.15) is 0 Å². The molecule has 2 N–H and O–H groups in total. The third kappa shape index (κ3) is 3.72. The number of pyridine rings is 1. The van der Waals surface area contributed by atoms with Gasteiger partial charge >= 0.3 is 5.97 Å². The number of amides is 1. The molecule has 0 saturated carbocycles. The SMILES string of the molecule is O=C(Nc1ccc(Br)cc1C(=O)O)c1cnc(Cl)c(Cl)c1. The third-order valence-electron chi connectivity index (χ3n) is 2.52. The van der Waals surface area contributed by atoms with Gasteiger partial charge in [-0.15, -0.1) is 0 Å². The summed E-state index contributed by atoms with van der Waals surface area (Å²) in [5, 5.41) is 11.9. The number of rotatable bonds is 3. The summed E-state index contributed by atoms with van der Waals surface area (Å²) in [6, 6.07) is 5.85. The zero-order valence-electron chi connectivity index (χ0n) is 10.2. The molecule has 0 aliphatic heterocycles. The minimum atomic E-state index is -1.15. The number of carboxylic acid groups (broad SMARTS) is 1. The van der Waals surface area contributed by atoms with Crippen LogP contribution in [-0.2, 0) is 0 Å². The molecule has 0 spiro atoms. The number of aromatic nitrogens is 1. The number of hydrogen-bond donors (Lipinski definition) is 2. The van der Waals surface area contributed by atoms with Gasteiger partial charge in [-0.25, -0.2) is 9.78 Å². The highest BCUT2D eigenvalue weighted by atomic mass is 79.9. The smallest absolute Gasteiger partial charge is 0.337 e. The summed E-state index contributed by atoms with van der Waals surface area (Å²) in [7, 11) is 0. The molecule has 2 rings (SSSR count). The van der Waals surface area contributed by atoms with Gasteiger partial charge in [-0.3, -0.25) is 4.79 Å². The molecule has 0 atom stereocenters. The van der Waals surface area contributed by atoms with Gasteiger partial charge < -0.3 is 10.4 Å². The molecule has 8 heteroatoms. The van der Waals surface area contributed by atoms with Crippen molar-refractivity contribution in [2.24, 2.45) is 0 Å². The lowest BCUT2D eigenvalue weighted by atomic mass is 10.1. The molecule has 0 saturated heterocycles. The van der Waals surface area contributed by atoms with Crippen molar-refractivity contribution in [2.45, 2.75) is 0 Å². The second-order valence-corrected chi connectivity index (χ2v) is 5.63. The Labute approximate surface area is 138 Å². The molecule has 0 bridgehead atoms. The van der Waals surface area contributed by atoms with Crippen LogP contribution in [0, 0.1) is 0 Å². The normalized spacial score (nSPS) is 10.2. The van der Waals surface area contributed by atoms with E-state index in [1.807, 2.05) is 0 Å². The van der Waals surface area contributed by atoms with Gasteiger partial charge in [0.15, 0.2) is 0 Å². The molecule has 0 aliphatic rings. The molecule has 0 radical (unpaired) electrons. The Morgan fingerprint density at radius 1 is 1.24 bits per heavy atom. The molecule has 1 aromatic carbocycles. The second-order valence-electron chi connectivity index (χ2n) is 3.95. The zero-order chi connectivity index (χ0) is 15.6. The topological polar surface area (TPSA) is 79.3 Å². The lowest BCUT2D eigenvalue weighted by Crippen LogP contribution is -2.15. The molecule has 1 heterocycles. The Morgan fingerprint density at radius 2 is 1.95 bits per heavy atom. The molecular weight excluding hydrogens is 383 g/mol. The average Bonchev–Trinajstić information content (AvgIpc) is 2.43. The van der Waals surface area contributed by atoms with Crippen molar-refractivity contribution in [2.75, 3.05) is 5.32 Å². The number of hydrogen-bond acceptors (Lipinski definition) is 3. The summed E-state index contributed by atoms with van der Waals surface area (Å²) in [4.78, 5) is 27.0. The van der Waals surface area contributed by atoms with Gasteiger partial charge in [0.05, 0.1) is 21.8 Å². The summed E-state index contributed by atoms with van der Waals surface area (Å²) in [6.07, 6.45) is 1.25. The van der Waals surface area contributed by atoms with Gasteiger partial charge in [-0.1, -0.05) is 39.1 Å². The average molecular weight is 390 g/mol. The van der Waals surface area contributed by atoms with E-state index in [4.69, 9.17) is 28.3 Å². The summed E-state index contributed by atoms with van der Waals surface area (Å²) in [6.45, 7) is 0. The Bertz CT molecular complexity index is 737. The van der Waals surface area contributed by atoms with Crippen molar-refractivity contribution in [1.29, 1.82) is 0 Å². The summed E-state index contributed by atoms with van der Waals surface area (Å²) in [5.74, 6) is -1.69. The molecule has 5 nitrogen and oxygen atoms in total. The Kier molecular flexibility index (Phi) is 4.82. The van der Waals surface area contributed by atoms with E-state index in [1.165, 1.54) is 24.4 Å². The quantitative estimate of drug-likeness (QED) is 0.774. The maximum absolute atomic E-state index is 12.1. The van der Waals surface area contributed by atoms with Crippen LogP contribution in [0.2, 0.25) is 10.2 Å². The van der Waals surface area contributed by atoms with Crippen molar-refractivity contribution in [3.63, 3.8) is 0 Å². The van der Waals surface area contributed by atoms with E-state index in [0.717, 1.165) is 0 Å². The number of nitrogens with one attached hydrogen (secondary N) is 1. The van der Waals surface area contributed by atoms with Crippen LogP contribution in [0.3, 0.4) is 0 Å². The van der Waals surface area contributed by atoms with Gasteiger partial charge in [0.1, 0.15) is 5.15 Å². The molecule has 0 unspecified atom stereocenters. The highest BCUT2D eigenvalue weighted by Crippen LogP contribution is 2.23. The van der Waals surface area contributed by atoms with E-state index < -0.39 is 11.9 Å². The van der Waals surface area contributed by atoms with Crippen LogP contribution in [0.25, 0.3) is 0 Å². The fourth-order valence-electron chi connectivity index (χ4n) is 1.54. The first-order valence-corrected chi connectivity index (χ1v) is 7.08. The predicted molar refractivity (Wildman–Crippen MR) is 83.3 cm³/mol. The van der Waals surface area contributed by atoms with Crippen LogP contribution >= 0.6 is 39.1 Å². The molecule has 108 valence electrons. The van der Waals surface area contributed by atoms with Gasteiger partial charge in [0.2, 0.25) is 0 Å². The van der Waals surface area contributed by atoms with E-state index in [0.29, 0.717) is 4.47 Å². The minimum absolute atomic E-state index is 0.0363. The van der Waals surface area contributed by atoms with Gasteiger partial charge in [0.25, 0.3) is 5.91 Å². The molecule has 1 aromatic heterocycles. The van der Waals surface area contributed by atoms with Crippen molar-refractivity contribution in [3.8, 4) is 0 Å². The van der Waals surface area contributed by atoms with Crippen LogP contribution < -0.4 is 5.32 Å². The molecule has 2 aromatic rings. The second kappa shape index (κ2) is 6.43. The number of carbonyl (C=O) groups excluding carboxylic acids is 1. The number of carboxylic acids is 1. The van der Waals surface area contributed by atoms with Crippen molar-refractivity contribution < 1.29 is 14.7 Å². The zero-order valence-corrected chi connectivity index (χ0v) is 13.3. The fraction of sp³-hybridized carbons (Fsp3) is 0. The molecule has 1 amide bonds. The number of aromatic carboxylic acids is 1. The fourth-order valence-corrected chi connectivity index (χ4v) is 2.17. The van der Waals surface area contributed by atoms with E-state index in [9.17, 15) is 9.59 Å². The molecule has 0 fully saturated rings. The first-order valence-electron chi connectivity index (χ1n) is 5.53. The highest BCUT2D eigenvalue weighted by Gasteiger charge is 2.15. The number of anilines is 1. The Morgan fingerprint density at radius 3 is 2.57 bits per heavy atom. The van der Waals surface area contributed by atoms with Crippen LogP contribution in [-0.4, -0.2) is 22.0 Å². The lowest BCUT2D eigenvalue weighted by molar-refractivity contribution is 0.0698. The maximum Gasteiger partial charge on any atom is 0.337 e. The number of halogens is 3. The first-order chi connectivity index (χ1) is 9.88. The van der Waals surface area contributed by atoms with E-state index in [1.54, 1.807) is 6.07 Å². The van der Waals surface area contributed by atoms with Crippen molar-refractivity contribution in [1.82, 2.24) is 4.98 Å². The third-order valence-corrected chi connectivity index (χ3v) is 3.70. The van der Waals surface area contributed by atoms with Crippen LogP contribution in [0.4, 0.5) is 5.69 Å². The standard InChI is InChI=1S/C13H7BrCl2N2O3/c14-7-1-2-10(8(4-7)13(20)21)18-12(19)6-3-9(15)11(16)17-5-6/h1-5H,(H,18,19)(H,20,21). The van der Waals surface area contributed by atoms with E-state index in [2.05, 4.69) is 26.2 Å². The Hall–Kier alpha value is -1.63. The number of nitrogens with zero attached hydrogens (tertiary/aromatic N) is 1. The van der Waals surface area contributed by atoms with Crippen molar-refractivity contribution in [3.05, 3.63) is 56.2 Å². The largest absolute Gasteiger partial charge is 0.478 e. The monoisotopic (exact) mass is 388 g/mol. The minimum Gasteiger partial charge on any atom is -0.478 e. The van der Waals surface area contributed by atoms with Crippen LogP contribution in [0.5, 0.6) is 0 Å². The first kappa shape index (κ1) is 15.8. The summed E-state index contributed by atoms with van der Waals surface area (Å²) >= 11 is 14.6. The molecular formula is C13H7BrCl2N2O3. The summed E-state index contributed by atoms with van der Waals surface area (Å²) in [5.41, 5.74) is 0.302. The maximum atomic E-state index is 12.1. The van der Waals surface area contributed by atoms with Gasteiger partial charge in [0, 0.05) is 10.7 Å². The number of carbonyl (C=O) groups is 2. The predicted octanol–water partition coefficient (Wildman–Crippen LogP) is 4.10. The summed E-state index contributed by atoms with van der Waals surface area (Å²) < 4.78 is 0.592. The van der Waals surface area contributed by atoms with Crippen LogP contribution in [0.1, 0.15) is 20.7 Å². The highest BCUT2D eigenvalue weighted by molar-refractivity contribution is 9.10. The lowest BCUT2D eigenvalue weighted by Gasteiger charge is -2.09. The van der Waals surface area contributed by atoms with Gasteiger partial charge in [-0.05, 0) is 24.3 Å². The van der Waals surface area contributed by atoms with E-state index in [-0.39, 0.29) is 27.0 Å².